The van der Waals surface area contributed by atoms with Gasteiger partial charge in [0.05, 0.1) is 19.3 Å². The van der Waals surface area contributed by atoms with Crippen LogP contribution in [0.25, 0.3) is 0 Å². The number of rotatable bonds is 11. The van der Waals surface area contributed by atoms with Crippen LogP contribution in [0.4, 0.5) is 0 Å². The van der Waals surface area contributed by atoms with Gasteiger partial charge in [0.2, 0.25) is 0 Å². The second-order valence-electron chi connectivity index (χ2n) is 5.22. The largest absolute Gasteiger partial charge is 0.478 e. The van der Waals surface area contributed by atoms with Crippen LogP contribution in [0.3, 0.4) is 0 Å². The molecule has 0 aromatic carbocycles. The first kappa shape index (κ1) is 23.9. The first-order valence-electron chi connectivity index (χ1n) is 7.82. The summed E-state index contributed by atoms with van der Waals surface area (Å²) in [6.07, 6.45) is 8.81. The van der Waals surface area contributed by atoms with Gasteiger partial charge in [0.15, 0.2) is 0 Å². The Balaban J connectivity index is 0. The minimum atomic E-state index is -1.09. The van der Waals surface area contributed by atoms with Gasteiger partial charge in [0.25, 0.3) is 0 Å². The highest BCUT2D eigenvalue weighted by Crippen LogP contribution is 2.07. The number of ether oxygens (including phenoxy) is 2. The number of hydrogen-bond donors (Lipinski definition) is 1. The van der Waals surface area contributed by atoms with E-state index >= 15 is 0 Å². The molecule has 6 heteroatoms. The maximum atomic E-state index is 10.6. The smallest absolute Gasteiger partial charge is 0.330 e. The Bertz CT molecular complexity index is 423. The van der Waals surface area contributed by atoms with Crippen LogP contribution < -0.4 is 0 Å². The summed E-state index contributed by atoms with van der Waals surface area (Å²) in [5.74, 6) is -1.16. The number of carboxylic acids is 1. The molecule has 0 aliphatic rings. The normalized spacial score (nSPS) is 9.79. The molecule has 1 N–H and O–H groups in total. The molecule has 0 aliphatic heterocycles. The van der Waals surface area contributed by atoms with Crippen LogP contribution >= 0.6 is 0 Å². The lowest BCUT2D eigenvalue weighted by Crippen LogP contribution is -2.01. The molecule has 6 nitrogen and oxygen atoms in total. The maximum Gasteiger partial charge on any atom is 0.330 e. The maximum absolute atomic E-state index is 10.6. The zero-order valence-electron chi connectivity index (χ0n) is 14.5. The minimum Gasteiger partial charge on any atom is -0.478 e. The van der Waals surface area contributed by atoms with E-state index in [1.165, 1.54) is 25.0 Å². The number of carboxylic acid groups (broad SMARTS) is 1. The summed E-state index contributed by atoms with van der Waals surface area (Å²) in [4.78, 5) is 31.0. The van der Waals surface area contributed by atoms with Crippen molar-refractivity contribution in [2.75, 3.05) is 6.61 Å². The molecule has 0 saturated heterocycles. The van der Waals surface area contributed by atoms with Gasteiger partial charge in [0, 0.05) is 12.2 Å². The molecule has 0 radical (unpaired) electrons. The lowest BCUT2D eigenvalue weighted by molar-refractivity contribution is -0.138. The lowest BCUT2D eigenvalue weighted by atomic mass is 10.1. The van der Waals surface area contributed by atoms with Gasteiger partial charge in [-0.2, -0.15) is 0 Å². The molecule has 0 spiro atoms. The van der Waals surface area contributed by atoms with Crippen LogP contribution in [0.2, 0.25) is 0 Å². The standard InChI is InChI=1S/C11H20O2.C7H8O4/c1-4-11(12)13-9-7-5-6-8-10(2)3;1-2-11-7(10)5-3-4-6(8)9/h4,10H,1,5-9H2,2-3H3;2-4H,1,5H2,(H,8,9). The highest BCUT2D eigenvalue weighted by atomic mass is 16.5. The molecular weight excluding hydrogens is 312 g/mol. The summed E-state index contributed by atoms with van der Waals surface area (Å²) < 4.78 is 9.15. The molecule has 0 atom stereocenters. The molecule has 0 amide bonds. The van der Waals surface area contributed by atoms with Crippen molar-refractivity contribution >= 4 is 17.9 Å². The molecule has 24 heavy (non-hydrogen) atoms. The molecule has 0 fully saturated rings. The van der Waals surface area contributed by atoms with Gasteiger partial charge >= 0.3 is 17.9 Å². The molecule has 0 rings (SSSR count). The van der Waals surface area contributed by atoms with Gasteiger partial charge in [-0.3, -0.25) is 4.79 Å². The summed E-state index contributed by atoms with van der Waals surface area (Å²) in [6, 6.07) is 0. The van der Waals surface area contributed by atoms with Gasteiger partial charge in [-0.1, -0.05) is 52.3 Å². The molecule has 136 valence electrons. The van der Waals surface area contributed by atoms with Crippen LogP contribution in [-0.4, -0.2) is 29.6 Å². The van der Waals surface area contributed by atoms with Crippen molar-refractivity contribution in [1.29, 1.82) is 0 Å². The Morgan fingerprint density at radius 1 is 1.12 bits per heavy atom. The molecule has 0 unspecified atom stereocenters. The number of unbranched alkanes of at least 4 members (excludes halogenated alkanes) is 2. The van der Waals surface area contributed by atoms with Crippen molar-refractivity contribution in [3.63, 3.8) is 0 Å². The first-order chi connectivity index (χ1) is 11.3. The average molecular weight is 340 g/mol. The summed E-state index contributed by atoms with van der Waals surface area (Å²) in [5, 5.41) is 8.10. The van der Waals surface area contributed by atoms with E-state index in [-0.39, 0.29) is 12.4 Å². The Labute approximate surface area is 143 Å². The lowest BCUT2D eigenvalue weighted by Gasteiger charge is -2.04. The molecule has 0 heterocycles. The zero-order valence-corrected chi connectivity index (χ0v) is 14.5. The van der Waals surface area contributed by atoms with Crippen LogP contribution in [-0.2, 0) is 23.9 Å². The van der Waals surface area contributed by atoms with Gasteiger partial charge < -0.3 is 14.6 Å². The summed E-state index contributed by atoms with van der Waals surface area (Å²) in [7, 11) is 0. The minimum absolute atomic E-state index is 0.0572. The third kappa shape index (κ3) is 21.9. The fourth-order valence-corrected chi connectivity index (χ4v) is 1.46. The number of carbonyl (C=O) groups excluding carboxylic acids is 2. The van der Waals surface area contributed by atoms with E-state index in [0.717, 1.165) is 31.1 Å². The SMILES string of the molecule is C=CC(=O)OCCCCCC(C)C.C=COC(=O)CC=CC(=O)O. The van der Waals surface area contributed by atoms with Gasteiger partial charge in [0.1, 0.15) is 0 Å². The summed E-state index contributed by atoms with van der Waals surface area (Å²) >= 11 is 0. The molecule has 0 bridgehead atoms. The van der Waals surface area contributed by atoms with Crippen molar-refractivity contribution in [1.82, 2.24) is 0 Å². The Hall–Kier alpha value is -2.37. The van der Waals surface area contributed by atoms with Crippen LogP contribution in [0, 0.1) is 5.92 Å². The predicted molar refractivity (Wildman–Crippen MR) is 92.1 cm³/mol. The third-order valence-electron chi connectivity index (χ3n) is 2.60. The summed E-state index contributed by atoms with van der Waals surface area (Å²) in [6.45, 7) is 11.5. The van der Waals surface area contributed by atoms with E-state index in [1.54, 1.807) is 0 Å². The first-order valence-corrected chi connectivity index (χ1v) is 7.82. The summed E-state index contributed by atoms with van der Waals surface area (Å²) in [5.41, 5.74) is 0. The van der Waals surface area contributed by atoms with E-state index in [4.69, 9.17) is 9.84 Å². The second-order valence-corrected chi connectivity index (χ2v) is 5.22. The van der Waals surface area contributed by atoms with Crippen LogP contribution in [0.5, 0.6) is 0 Å². The number of esters is 2. The second kappa shape index (κ2) is 17.0. The highest BCUT2D eigenvalue weighted by molar-refractivity contribution is 5.81. The predicted octanol–water partition coefficient (Wildman–Crippen LogP) is 3.64. The van der Waals surface area contributed by atoms with E-state index in [9.17, 15) is 14.4 Å². The highest BCUT2D eigenvalue weighted by Gasteiger charge is 1.97. The van der Waals surface area contributed by atoms with Crippen molar-refractivity contribution < 1.29 is 29.0 Å². The fourth-order valence-electron chi connectivity index (χ4n) is 1.46. The molecular formula is C18H28O6. The van der Waals surface area contributed by atoms with Crippen molar-refractivity contribution in [3.8, 4) is 0 Å². The molecule has 0 aromatic heterocycles. The zero-order chi connectivity index (χ0) is 18.8. The van der Waals surface area contributed by atoms with Gasteiger partial charge in [-0.15, -0.1) is 0 Å². The molecule has 0 aliphatic carbocycles. The van der Waals surface area contributed by atoms with E-state index in [0.29, 0.717) is 6.61 Å². The van der Waals surface area contributed by atoms with Crippen LogP contribution in [0.15, 0.2) is 37.6 Å². The van der Waals surface area contributed by atoms with Crippen LogP contribution in [0.1, 0.15) is 46.0 Å². The third-order valence-corrected chi connectivity index (χ3v) is 2.60. The van der Waals surface area contributed by atoms with E-state index in [1.807, 2.05) is 0 Å². The molecule has 0 aromatic rings. The van der Waals surface area contributed by atoms with E-state index in [2.05, 4.69) is 31.7 Å². The Morgan fingerprint density at radius 3 is 2.29 bits per heavy atom. The number of carbonyl (C=O) groups is 3. The van der Waals surface area contributed by atoms with Gasteiger partial charge in [-0.25, -0.2) is 9.59 Å². The Morgan fingerprint density at radius 2 is 1.79 bits per heavy atom. The average Bonchev–Trinajstić information content (AvgIpc) is 2.50. The molecule has 0 saturated carbocycles. The quantitative estimate of drug-likeness (QED) is 0.267. The topological polar surface area (TPSA) is 89.9 Å². The number of aliphatic carboxylic acids is 1. The van der Waals surface area contributed by atoms with E-state index < -0.39 is 11.9 Å². The van der Waals surface area contributed by atoms with Crippen molar-refractivity contribution in [2.45, 2.75) is 46.0 Å². The number of hydrogen-bond acceptors (Lipinski definition) is 5. The Kier molecular flexibility index (Phi) is 16.9. The monoisotopic (exact) mass is 340 g/mol. The fraction of sp³-hybridized carbons (Fsp3) is 0.500. The van der Waals surface area contributed by atoms with Crippen molar-refractivity contribution in [3.05, 3.63) is 37.6 Å². The van der Waals surface area contributed by atoms with Crippen molar-refractivity contribution in [2.24, 2.45) is 5.92 Å². The van der Waals surface area contributed by atoms with Gasteiger partial charge in [-0.05, 0) is 12.3 Å².